The number of likely N-dealkylation sites (N-methyl/N-ethyl adjacent to an activating group) is 2. The van der Waals surface area contributed by atoms with Crippen LogP contribution in [0, 0.1) is 5.92 Å². The molecule has 0 aliphatic carbocycles. The van der Waals surface area contributed by atoms with Crippen molar-refractivity contribution in [2.24, 2.45) is 10.9 Å². The van der Waals surface area contributed by atoms with Gasteiger partial charge >= 0.3 is 0 Å². The predicted octanol–water partition coefficient (Wildman–Crippen LogP) is 2.94. The first-order valence-electron chi connectivity index (χ1n) is 11.2. The summed E-state index contributed by atoms with van der Waals surface area (Å²) >= 11 is 1.86. The van der Waals surface area contributed by atoms with Gasteiger partial charge in [0.25, 0.3) is 0 Å². The van der Waals surface area contributed by atoms with Gasteiger partial charge in [0.1, 0.15) is 0 Å². The average molecular weight is 549 g/mol. The zero-order valence-electron chi connectivity index (χ0n) is 19.1. The van der Waals surface area contributed by atoms with E-state index >= 15 is 0 Å². The maximum absolute atomic E-state index is 5.02. The number of piperidine rings is 1. The molecule has 30 heavy (non-hydrogen) atoms. The summed E-state index contributed by atoms with van der Waals surface area (Å²) in [5, 5.41) is 9.25. The van der Waals surface area contributed by atoms with Gasteiger partial charge in [0.15, 0.2) is 5.96 Å². The van der Waals surface area contributed by atoms with Gasteiger partial charge in [0.2, 0.25) is 0 Å². The first kappa shape index (κ1) is 25.8. The zero-order valence-corrected chi connectivity index (χ0v) is 22.3. The molecule has 3 heterocycles. The third kappa shape index (κ3) is 7.62. The molecule has 2 unspecified atom stereocenters. The zero-order chi connectivity index (χ0) is 20.6. The summed E-state index contributed by atoms with van der Waals surface area (Å²) in [6.45, 7) is 12.9. The fourth-order valence-corrected chi connectivity index (χ4v) is 5.11. The molecule has 2 atom stereocenters. The lowest BCUT2D eigenvalue weighted by atomic mass is 9.97. The van der Waals surface area contributed by atoms with Crippen molar-refractivity contribution in [3.63, 3.8) is 0 Å². The number of guanidine groups is 1. The number of piperazine rings is 1. The number of halogens is 1. The van der Waals surface area contributed by atoms with Gasteiger partial charge in [-0.2, -0.15) is 0 Å². The van der Waals surface area contributed by atoms with E-state index in [0.717, 1.165) is 51.1 Å². The molecular weight excluding hydrogens is 507 g/mol. The summed E-state index contributed by atoms with van der Waals surface area (Å²) in [4.78, 5) is 14.0. The number of rotatable bonds is 7. The number of nitrogens with one attached hydrogen (secondary N) is 2. The van der Waals surface area contributed by atoms with Gasteiger partial charge in [-0.3, -0.25) is 14.8 Å². The van der Waals surface area contributed by atoms with Crippen LogP contribution in [0.15, 0.2) is 22.5 Å². The monoisotopic (exact) mass is 548 g/mol. The molecule has 0 saturated carbocycles. The molecule has 0 amide bonds. The van der Waals surface area contributed by atoms with E-state index in [9.17, 15) is 0 Å². The van der Waals surface area contributed by atoms with Crippen molar-refractivity contribution in [1.82, 2.24) is 25.3 Å². The molecule has 2 N–H and O–H groups in total. The van der Waals surface area contributed by atoms with Crippen molar-refractivity contribution < 1.29 is 0 Å². The molecule has 0 radical (unpaired) electrons. The lowest BCUT2D eigenvalue weighted by molar-refractivity contribution is 0.116. The molecule has 6 nitrogen and oxygen atoms in total. The van der Waals surface area contributed by atoms with Gasteiger partial charge in [-0.25, -0.2) is 0 Å². The van der Waals surface area contributed by atoms with Gasteiger partial charge < -0.3 is 15.5 Å². The quantitative estimate of drug-likeness (QED) is 0.312. The molecule has 2 fully saturated rings. The standard InChI is InChI=1S/C22H40N6S.HI/c1-5-23-22(24-15-19-17-26(3)12-13-27(19)4)25-16-20(21-7-6-14-29-21)28-10-8-18(2)9-11-28;/h6-7,14,18-20H,5,8-13,15-17H2,1-4H3,(H2,23,24,25);1H. The van der Waals surface area contributed by atoms with E-state index in [2.05, 4.69) is 70.8 Å². The Kier molecular flexibility index (Phi) is 11.4. The van der Waals surface area contributed by atoms with E-state index in [4.69, 9.17) is 4.99 Å². The van der Waals surface area contributed by atoms with Gasteiger partial charge in [0.05, 0.1) is 12.6 Å². The molecule has 0 bridgehead atoms. The van der Waals surface area contributed by atoms with Crippen LogP contribution in [-0.4, -0.2) is 93.2 Å². The highest BCUT2D eigenvalue weighted by molar-refractivity contribution is 14.0. The van der Waals surface area contributed by atoms with Crippen LogP contribution in [0.5, 0.6) is 0 Å². The van der Waals surface area contributed by atoms with Crippen LogP contribution in [0.2, 0.25) is 0 Å². The van der Waals surface area contributed by atoms with Crippen LogP contribution in [0.4, 0.5) is 0 Å². The Bertz CT molecular complexity index is 617. The molecule has 1 aromatic rings. The topological polar surface area (TPSA) is 46.1 Å². The Labute approximate surface area is 204 Å². The minimum Gasteiger partial charge on any atom is -0.357 e. The Morgan fingerprint density at radius 2 is 1.97 bits per heavy atom. The van der Waals surface area contributed by atoms with Crippen molar-refractivity contribution in [3.8, 4) is 0 Å². The summed E-state index contributed by atoms with van der Waals surface area (Å²) in [6, 6.07) is 5.36. The number of likely N-dealkylation sites (tertiary alicyclic amines) is 1. The predicted molar refractivity (Wildman–Crippen MR) is 140 cm³/mol. The van der Waals surface area contributed by atoms with Crippen molar-refractivity contribution in [3.05, 3.63) is 22.4 Å². The summed E-state index contributed by atoms with van der Waals surface area (Å²) in [5.74, 6) is 1.80. The second-order valence-corrected chi connectivity index (χ2v) is 9.73. The molecule has 2 saturated heterocycles. The van der Waals surface area contributed by atoms with E-state index in [-0.39, 0.29) is 24.0 Å². The average Bonchev–Trinajstić information content (AvgIpc) is 3.24. The molecule has 0 spiro atoms. The third-order valence-corrected chi connectivity index (χ3v) is 7.36. The van der Waals surface area contributed by atoms with E-state index in [1.54, 1.807) is 0 Å². The van der Waals surface area contributed by atoms with E-state index < -0.39 is 0 Å². The second-order valence-electron chi connectivity index (χ2n) is 8.75. The van der Waals surface area contributed by atoms with Gasteiger partial charge in [-0.1, -0.05) is 13.0 Å². The van der Waals surface area contributed by atoms with E-state index in [1.165, 1.54) is 30.8 Å². The third-order valence-electron chi connectivity index (χ3n) is 6.38. The number of thiophene rings is 1. The Morgan fingerprint density at radius 1 is 1.20 bits per heavy atom. The maximum atomic E-state index is 5.02. The highest BCUT2D eigenvalue weighted by Gasteiger charge is 2.26. The van der Waals surface area contributed by atoms with Gasteiger partial charge in [-0.15, -0.1) is 35.3 Å². The van der Waals surface area contributed by atoms with Crippen LogP contribution < -0.4 is 10.6 Å². The SMILES string of the molecule is CCNC(=NCC(c1cccs1)N1CCC(C)CC1)NCC1CN(C)CCN1C.I. The van der Waals surface area contributed by atoms with Crippen LogP contribution >= 0.6 is 35.3 Å². The van der Waals surface area contributed by atoms with Gasteiger partial charge in [-0.05, 0) is 64.3 Å². The van der Waals surface area contributed by atoms with Crippen molar-refractivity contribution in [1.29, 1.82) is 0 Å². The molecule has 3 rings (SSSR count). The highest BCUT2D eigenvalue weighted by atomic mass is 127. The van der Waals surface area contributed by atoms with Crippen LogP contribution in [0.1, 0.15) is 37.6 Å². The second kappa shape index (κ2) is 13.2. The first-order valence-corrected chi connectivity index (χ1v) is 12.1. The van der Waals surface area contributed by atoms with Crippen molar-refractivity contribution in [2.45, 2.75) is 38.8 Å². The maximum Gasteiger partial charge on any atom is 0.191 e. The number of hydrogen-bond donors (Lipinski definition) is 2. The molecule has 8 heteroatoms. The van der Waals surface area contributed by atoms with Crippen LogP contribution in [0.25, 0.3) is 0 Å². The fraction of sp³-hybridized carbons (Fsp3) is 0.773. The Hall–Kier alpha value is -0.420. The molecular formula is C22H41IN6S. The van der Waals surface area contributed by atoms with E-state index in [0.29, 0.717) is 12.1 Å². The minimum absolute atomic E-state index is 0. The lowest BCUT2D eigenvalue weighted by Crippen LogP contribution is -2.55. The first-order chi connectivity index (χ1) is 14.1. The van der Waals surface area contributed by atoms with Crippen molar-refractivity contribution >= 4 is 41.3 Å². The molecule has 1 aromatic heterocycles. The smallest absolute Gasteiger partial charge is 0.191 e. The number of aliphatic imine (C=N–C) groups is 1. The summed E-state index contributed by atoms with van der Waals surface area (Å²) in [7, 11) is 4.44. The fourth-order valence-electron chi connectivity index (χ4n) is 4.26. The molecule has 172 valence electrons. The van der Waals surface area contributed by atoms with Gasteiger partial charge in [0, 0.05) is 43.6 Å². The highest BCUT2D eigenvalue weighted by Crippen LogP contribution is 2.29. The van der Waals surface area contributed by atoms with Crippen LogP contribution in [0.3, 0.4) is 0 Å². The minimum atomic E-state index is 0. The Morgan fingerprint density at radius 3 is 2.63 bits per heavy atom. The van der Waals surface area contributed by atoms with Crippen LogP contribution in [-0.2, 0) is 0 Å². The summed E-state index contributed by atoms with van der Waals surface area (Å²) in [6.07, 6.45) is 2.59. The number of hydrogen-bond acceptors (Lipinski definition) is 5. The van der Waals surface area contributed by atoms with E-state index in [1.807, 2.05) is 11.3 Å². The number of nitrogens with zero attached hydrogens (tertiary/aromatic N) is 4. The summed E-state index contributed by atoms with van der Waals surface area (Å²) < 4.78 is 0. The van der Waals surface area contributed by atoms with Crippen molar-refractivity contribution in [2.75, 3.05) is 66.5 Å². The normalized spacial score (nSPS) is 23.7. The lowest BCUT2D eigenvalue weighted by Gasteiger charge is -2.38. The Balaban J connectivity index is 0.00000320. The molecule has 0 aromatic carbocycles. The summed E-state index contributed by atoms with van der Waals surface area (Å²) in [5.41, 5.74) is 0. The largest absolute Gasteiger partial charge is 0.357 e. The molecule has 2 aliphatic heterocycles. The molecule has 2 aliphatic rings.